The average molecular weight is 559 g/mol. The molecule has 3 rings (SSSR count). The molecule has 0 aliphatic carbocycles. The van der Waals surface area contributed by atoms with E-state index < -0.39 is 5.97 Å². The molecular weight excluding hydrogens is 520 g/mol. The van der Waals surface area contributed by atoms with Gasteiger partial charge in [0.1, 0.15) is 15.8 Å². The summed E-state index contributed by atoms with van der Waals surface area (Å²) >= 11 is 6.74. The molecule has 8 nitrogen and oxygen atoms in total. The number of hydrogen-bond acceptors (Lipinski definition) is 7. The van der Waals surface area contributed by atoms with Crippen LogP contribution in [0.3, 0.4) is 0 Å². The van der Waals surface area contributed by atoms with Crippen molar-refractivity contribution in [2.24, 2.45) is 5.92 Å². The number of aromatic nitrogens is 2. The van der Waals surface area contributed by atoms with Gasteiger partial charge in [-0.25, -0.2) is 4.98 Å². The summed E-state index contributed by atoms with van der Waals surface area (Å²) in [5.74, 6) is -0.0570. The van der Waals surface area contributed by atoms with Crippen molar-refractivity contribution in [3.63, 3.8) is 0 Å². The van der Waals surface area contributed by atoms with E-state index >= 15 is 0 Å². The van der Waals surface area contributed by atoms with Crippen LogP contribution < -0.4 is 10.9 Å². The Balaban J connectivity index is 1.63. The zero-order chi connectivity index (χ0) is 27.7. The number of thioether (sulfide) groups is 1. The highest BCUT2D eigenvalue weighted by molar-refractivity contribution is 8.26. The predicted molar refractivity (Wildman–Crippen MR) is 159 cm³/mol. The third-order valence-corrected chi connectivity index (χ3v) is 7.81. The van der Waals surface area contributed by atoms with Gasteiger partial charge in [-0.1, -0.05) is 82.4 Å². The SMILES string of the molecule is Cc1cccn2c(=O)c(C=C3SC(=S)N(CCCCCCCCCCC(=O)O)C3=O)c(NCC(C)C)nc12. The lowest BCUT2D eigenvalue weighted by Gasteiger charge is -2.14. The smallest absolute Gasteiger partial charge is 0.303 e. The summed E-state index contributed by atoms with van der Waals surface area (Å²) in [6, 6.07) is 3.73. The number of aryl methyl sites for hydroxylation is 1. The number of unbranched alkanes of at least 4 members (excludes halogenated alkanes) is 7. The van der Waals surface area contributed by atoms with E-state index in [0.29, 0.717) is 45.3 Å². The zero-order valence-corrected chi connectivity index (χ0v) is 24.1. The van der Waals surface area contributed by atoms with Gasteiger partial charge < -0.3 is 10.4 Å². The maximum absolute atomic E-state index is 13.4. The number of thiocarbonyl (C=S) groups is 1. The number of aliphatic carboxylic acids is 1. The number of nitrogens with zero attached hydrogens (tertiary/aromatic N) is 3. The first kappa shape index (κ1) is 29.8. The summed E-state index contributed by atoms with van der Waals surface area (Å²) in [6.45, 7) is 7.30. The molecule has 1 saturated heterocycles. The largest absolute Gasteiger partial charge is 0.481 e. The molecule has 0 aromatic carbocycles. The first-order valence-corrected chi connectivity index (χ1v) is 14.6. The Hall–Kier alpha value is -2.72. The van der Waals surface area contributed by atoms with Crippen LogP contribution in [0.2, 0.25) is 0 Å². The maximum atomic E-state index is 13.4. The number of pyridine rings is 1. The number of carboxylic acids is 1. The van der Waals surface area contributed by atoms with E-state index in [4.69, 9.17) is 22.3 Å². The molecule has 0 unspecified atom stereocenters. The number of rotatable bonds is 15. The van der Waals surface area contributed by atoms with Crippen molar-refractivity contribution in [3.8, 4) is 0 Å². The number of carbonyl (C=O) groups excluding carboxylic acids is 1. The molecule has 206 valence electrons. The van der Waals surface area contributed by atoms with Gasteiger partial charge in [0.15, 0.2) is 0 Å². The summed E-state index contributed by atoms with van der Waals surface area (Å²) in [7, 11) is 0. The quantitative estimate of drug-likeness (QED) is 0.159. The summed E-state index contributed by atoms with van der Waals surface area (Å²) in [5.41, 5.74) is 1.62. The van der Waals surface area contributed by atoms with Crippen LogP contribution >= 0.6 is 24.0 Å². The lowest BCUT2D eigenvalue weighted by molar-refractivity contribution is -0.137. The van der Waals surface area contributed by atoms with Crippen LogP contribution in [-0.4, -0.2) is 48.7 Å². The van der Waals surface area contributed by atoms with Crippen molar-refractivity contribution in [3.05, 3.63) is 44.7 Å². The Labute approximate surface area is 233 Å². The number of anilines is 1. The Morgan fingerprint density at radius 1 is 1.13 bits per heavy atom. The number of amides is 1. The zero-order valence-electron chi connectivity index (χ0n) is 22.5. The van der Waals surface area contributed by atoms with Crippen LogP contribution in [0.15, 0.2) is 28.0 Å². The van der Waals surface area contributed by atoms with E-state index in [1.807, 2.05) is 19.1 Å². The van der Waals surface area contributed by atoms with E-state index in [1.165, 1.54) is 16.2 Å². The fourth-order valence-electron chi connectivity index (χ4n) is 4.31. The molecule has 38 heavy (non-hydrogen) atoms. The molecule has 0 atom stereocenters. The van der Waals surface area contributed by atoms with Crippen molar-refractivity contribution in [2.75, 3.05) is 18.4 Å². The number of carboxylic acid groups (broad SMARTS) is 1. The minimum absolute atomic E-state index is 0.165. The molecule has 10 heteroatoms. The Kier molecular flexibility index (Phi) is 11.3. The monoisotopic (exact) mass is 558 g/mol. The van der Waals surface area contributed by atoms with Crippen LogP contribution in [0.4, 0.5) is 5.82 Å². The van der Waals surface area contributed by atoms with E-state index in [9.17, 15) is 14.4 Å². The van der Waals surface area contributed by atoms with Gasteiger partial charge in [-0.2, -0.15) is 0 Å². The second kappa shape index (κ2) is 14.4. The Morgan fingerprint density at radius 3 is 2.45 bits per heavy atom. The van der Waals surface area contributed by atoms with Crippen LogP contribution in [-0.2, 0) is 9.59 Å². The second-order valence-corrected chi connectivity index (χ2v) is 11.8. The van der Waals surface area contributed by atoms with E-state index in [0.717, 1.165) is 56.9 Å². The van der Waals surface area contributed by atoms with Gasteiger partial charge in [0.25, 0.3) is 11.5 Å². The molecule has 1 fully saturated rings. The Morgan fingerprint density at radius 2 is 1.79 bits per heavy atom. The highest BCUT2D eigenvalue weighted by Crippen LogP contribution is 2.33. The van der Waals surface area contributed by atoms with Gasteiger partial charge in [0.2, 0.25) is 0 Å². The highest BCUT2D eigenvalue weighted by Gasteiger charge is 2.32. The van der Waals surface area contributed by atoms with Crippen molar-refractivity contribution in [1.29, 1.82) is 0 Å². The molecule has 0 radical (unpaired) electrons. The standard InChI is InChI=1S/C28H38N4O4S2/c1-19(2)18-29-24-21(26(35)31-16-12-13-20(3)25(31)30-24)17-22-27(36)32(28(37)38-22)15-11-9-7-5-4-6-8-10-14-23(33)34/h12-13,16-17,19,29H,4-11,14-15,18H2,1-3H3,(H,33,34). The van der Waals surface area contributed by atoms with Gasteiger partial charge >= 0.3 is 5.97 Å². The lowest BCUT2D eigenvalue weighted by atomic mass is 10.1. The summed E-state index contributed by atoms with van der Waals surface area (Å²) in [4.78, 5) is 44.0. The van der Waals surface area contributed by atoms with Gasteiger partial charge in [0, 0.05) is 25.7 Å². The topological polar surface area (TPSA) is 104 Å². The number of carbonyl (C=O) groups is 2. The van der Waals surface area contributed by atoms with Crippen molar-refractivity contribution < 1.29 is 14.7 Å². The molecule has 0 spiro atoms. The Bertz CT molecular complexity index is 1260. The van der Waals surface area contributed by atoms with Crippen LogP contribution in [0.5, 0.6) is 0 Å². The van der Waals surface area contributed by atoms with Crippen LogP contribution in [0.25, 0.3) is 11.7 Å². The molecule has 1 amide bonds. The molecule has 3 heterocycles. The maximum Gasteiger partial charge on any atom is 0.303 e. The first-order chi connectivity index (χ1) is 18.2. The van der Waals surface area contributed by atoms with E-state index in [1.54, 1.807) is 17.2 Å². The van der Waals surface area contributed by atoms with Gasteiger partial charge in [-0.15, -0.1) is 0 Å². The molecule has 2 aromatic heterocycles. The molecule has 1 aliphatic heterocycles. The normalized spacial score (nSPS) is 14.8. The summed E-state index contributed by atoms with van der Waals surface area (Å²) in [6.07, 6.45) is 11.5. The molecule has 0 saturated carbocycles. The lowest BCUT2D eigenvalue weighted by Crippen LogP contribution is -2.29. The first-order valence-electron chi connectivity index (χ1n) is 13.4. The van der Waals surface area contributed by atoms with Gasteiger partial charge in [0.05, 0.1) is 10.5 Å². The number of fused-ring (bicyclic) bond motifs is 1. The highest BCUT2D eigenvalue weighted by atomic mass is 32.2. The molecule has 2 N–H and O–H groups in total. The summed E-state index contributed by atoms with van der Waals surface area (Å²) < 4.78 is 2.04. The molecule has 0 bridgehead atoms. The van der Waals surface area contributed by atoms with Crippen molar-refractivity contribution >= 4 is 57.7 Å². The van der Waals surface area contributed by atoms with Crippen molar-refractivity contribution in [1.82, 2.24) is 14.3 Å². The third-order valence-electron chi connectivity index (χ3n) is 6.43. The fourth-order valence-corrected chi connectivity index (χ4v) is 5.60. The fraction of sp³-hybridized carbons (Fsp3) is 0.536. The van der Waals surface area contributed by atoms with E-state index in [-0.39, 0.29) is 17.9 Å². The summed E-state index contributed by atoms with van der Waals surface area (Å²) in [5, 5.41) is 12.0. The number of nitrogens with one attached hydrogen (secondary N) is 1. The van der Waals surface area contributed by atoms with Gasteiger partial charge in [-0.3, -0.25) is 23.7 Å². The molecule has 2 aromatic rings. The van der Waals surface area contributed by atoms with Crippen molar-refractivity contribution in [2.45, 2.75) is 78.6 Å². The predicted octanol–water partition coefficient (Wildman–Crippen LogP) is 5.87. The average Bonchev–Trinajstić information content (AvgIpc) is 3.13. The van der Waals surface area contributed by atoms with Crippen LogP contribution in [0.1, 0.15) is 82.8 Å². The number of hydrogen-bond donors (Lipinski definition) is 2. The van der Waals surface area contributed by atoms with E-state index in [2.05, 4.69) is 19.2 Å². The minimum atomic E-state index is -0.727. The molecule has 1 aliphatic rings. The van der Waals surface area contributed by atoms with Gasteiger partial charge in [-0.05, 0) is 43.4 Å². The second-order valence-electron chi connectivity index (χ2n) is 10.1. The molecular formula is C28H38N4O4S2. The van der Waals surface area contributed by atoms with Crippen LogP contribution in [0, 0.1) is 12.8 Å². The third kappa shape index (κ3) is 8.14. The minimum Gasteiger partial charge on any atom is -0.481 e.